The summed E-state index contributed by atoms with van der Waals surface area (Å²) in [4.78, 5) is 6.28. The third-order valence-electron chi connectivity index (χ3n) is 1.76. The number of anilines is 1. The molecule has 2 nitrogen and oxygen atoms in total. The minimum absolute atomic E-state index is 0. The average Bonchev–Trinajstić information content (AvgIpc) is 2.10. The van der Waals surface area contributed by atoms with Gasteiger partial charge in [0.15, 0.2) is 0 Å². The van der Waals surface area contributed by atoms with Crippen LogP contribution in [0.4, 0.5) is 5.82 Å². The Labute approximate surface area is 106 Å². The molecule has 0 saturated carbocycles. The van der Waals surface area contributed by atoms with Gasteiger partial charge in [-0.15, -0.1) is 13.1 Å². The number of rotatable bonds is 3. The van der Waals surface area contributed by atoms with Crippen molar-refractivity contribution in [3.8, 4) is 0 Å². The van der Waals surface area contributed by atoms with E-state index in [0.717, 1.165) is 5.82 Å². The molecule has 0 aliphatic rings. The quantitative estimate of drug-likeness (QED) is 0.762. The van der Waals surface area contributed by atoms with Crippen molar-refractivity contribution in [2.45, 2.75) is 6.92 Å². The maximum absolute atomic E-state index is 4.27. The van der Waals surface area contributed by atoms with Crippen molar-refractivity contribution in [2.75, 3.05) is 18.0 Å². The van der Waals surface area contributed by atoms with E-state index in [2.05, 4.69) is 18.8 Å². The van der Waals surface area contributed by atoms with E-state index in [-0.39, 0.29) is 32.7 Å². The standard InChI is InChI=1S/C10H14N2.Y/c1-4-12(5-2)10-7-6-9(3)8-11-10;/h6-8H,1-2,4-5H2,3H3;/q-2;. The smallest absolute Gasteiger partial charge is 0.123 e. The molecule has 0 bridgehead atoms. The van der Waals surface area contributed by atoms with Gasteiger partial charge in [0.1, 0.15) is 5.82 Å². The molecule has 0 saturated heterocycles. The Kier molecular flexibility index (Phi) is 6.53. The summed E-state index contributed by atoms with van der Waals surface area (Å²) in [7, 11) is 0. The summed E-state index contributed by atoms with van der Waals surface area (Å²) in [5, 5.41) is 0. The Morgan fingerprint density at radius 2 is 1.92 bits per heavy atom. The van der Waals surface area contributed by atoms with Crippen LogP contribution in [0.1, 0.15) is 5.56 Å². The van der Waals surface area contributed by atoms with Gasteiger partial charge < -0.3 is 18.7 Å². The molecule has 1 aromatic heterocycles. The van der Waals surface area contributed by atoms with Crippen molar-refractivity contribution in [3.05, 3.63) is 37.7 Å². The van der Waals surface area contributed by atoms with Gasteiger partial charge in [-0.3, -0.25) is 0 Å². The van der Waals surface area contributed by atoms with Gasteiger partial charge in [0.2, 0.25) is 0 Å². The van der Waals surface area contributed by atoms with Crippen LogP contribution >= 0.6 is 0 Å². The van der Waals surface area contributed by atoms with Crippen LogP contribution in [-0.2, 0) is 32.7 Å². The summed E-state index contributed by atoms with van der Waals surface area (Å²) in [5.74, 6) is 0.950. The molecule has 0 unspecified atom stereocenters. The normalized spacial score (nSPS) is 9.15. The van der Waals surface area contributed by atoms with Gasteiger partial charge in [0.25, 0.3) is 0 Å². The van der Waals surface area contributed by atoms with Crippen LogP contribution < -0.4 is 4.90 Å². The first-order valence-electron chi connectivity index (χ1n) is 4.04. The van der Waals surface area contributed by atoms with Crippen LogP contribution in [0.25, 0.3) is 0 Å². The van der Waals surface area contributed by atoms with Crippen molar-refractivity contribution in [2.24, 2.45) is 0 Å². The first-order valence-corrected chi connectivity index (χ1v) is 4.04. The summed E-state index contributed by atoms with van der Waals surface area (Å²) >= 11 is 0. The summed E-state index contributed by atoms with van der Waals surface area (Å²) in [6.45, 7) is 11.0. The molecular formula is C10H14N2Y-2. The molecule has 0 atom stereocenters. The minimum Gasteiger partial charge on any atom is -0.417 e. The monoisotopic (exact) mass is 251 g/mol. The summed E-state index contributed by atoms with van der Waals surface area (Å²) in [6.07, 6.45) is 1.85. The van der Waals surface area contributed by atoms with Gasteiger partial charge in [0.05, 0.1) is 0 Å². The molecule has 0 N–H and O–H groups in total. The Hall–Kier alpha value is 0.0539. The molecule has 0 fully saturated rings. The number of hydrogen-bond acceptors (Lipinski definition) is 2. The minimum atomic E-state index is 0. The van der Waals surface area contributed by atoms with E-state index in [1.165, 1.54) is 5.56 Å². The molecule has 0 aromatic carbocycles. The van der Waals surface area contributed by atoms with Crippen LogP contribution in [0.15, 0.2) is 18.3 Å². The van der Waals surface area contributed by atoms with Crippen molar-refractivity contribution >= 4 is 5.82 Å². The number of hydrogen-bond donors (Lipinski definition) is 0. The van der Waals surface area contributed by atoms with E-state index in [4.69, 9.17) is 0 Å². The van der Waals surface area contributed by atoms with Crippen molar-refractivity contribution in [3.63, 3.8) is 0 Å². The van der Waals surface area contributed by atoms with E-state index in [9.17, 15) is 0 Å². The number of pyridine rings is 1. The zero-order valence-corrected chi connectivity index (χ0v) is 10.9. The molecule has 0 amide bonds. The van der Waals surface area contributed by atoms with Gasteiger partial charge in [-0.2, -0.15) is 0 Å². The Morgan fingerprint density at radius 1 is 1.31 bits per heavy atom. The molecular weight excluding hydrogens is 237 g/mol. The number of nitrogens with zero attached hydrogens (tertiary/aromatic N) is 2. The Morgan fingerprint density at radius 3 is 2.31 bits per heavy atom. The third-order valence-corrected chi connectivity index (χ3v) is 1.76. The molecule has 1 aromatic rings. The summed E-state index contributed by atoms with van der Waals surface area (Å²) < 4.78 is 0. The van der Waals surface area contributed by atoms with Crippen molar-refractivity contribution < 1.29 is 32.7 Å². The molecule has 69 valence electrons. The van der Waals surface area contributed by atoms with Crippen LogP contribution in [0.5, 0.6) is 0 Å². The Bertz CT molecular complexity index is 229. The van der Waals surface area contributed by atoms with Crippen molar-refractivity contribution in [1.29, 1.82) is 0 Å². The van der Waals surface area contributed by atoms with E-state index >= 15 is 0 Å². The second-order valence-electron chi connectivity index (χ2n) is 2.68. The first-order chi connectivity index (χ1) is 5.77. The number of aryl methyl sites for hydroxylation is 1. The van der Waals surface area contributed by atoms with Crippen LogP contribution in [-0.4, -0.2) is 18.1 Å². The van der Waals surface area contributed by atoms with Gasteiger partial charge in [0, 0.05) is 38.9 Å². The van der Waals surface area contributed by atoms with E-state index in [1.54, 1.807) is 0 Å². The van der Waals surface area contributed by atoms with Gasteiger partial charge >= 0.3 is 0 Å². The van der Waals surface area contributed by atoms with E-state index in [1.807, 2.05) is 30.2 Å². The zero-order valence-electron chi connectivity index (χ0n) is 8.03. The topological polar surface area (TPSA) is 16.1 Å². The molecule has 1 radical (unpaired) electrons. The molecule has 0 spiro atoms. The van der Waals surface area contributed by atoms with Crippen LogP contribution in [0.3, 0.4) is 0 Å². The van der Waals surface area contributed by atoms with Crippen molar-refractivity contribution in [1.82, 2.24) is 4.98 Å². The molecule has 3 heteroatoms. The predicted molar refractivity (Wildman–Crippen MR) is 51.9 cm³/mol. The largest absolute Gasteiger partial charge is 0.417 e. The average molecular weight is 251 g/mol. The molecule has 13 heavy (non-hydrogen) atoms. The molecule has 1 rings (SSSR count). The second kappa shape index (κ2) is 6.50. The molecule has 0 aliphatic carbocycles. The summed E-state index contributed by atoms with van der Waals surface area (Å²) in [6, 6.07) is 4.03. The van der Waals surface area contributed by atoms with Crippen LogP contribution in [0, 0.1) is 20.8 Å². The zero-order chi connectivity index (χ0) is 8.97. The van der Waals surface area contributed by atoms with E-state index in [0.29, 0.717) is 13.1 Å². The van der Waals surface area contributed by atoms with E-state index < -0.39 is 0 Å². The predicted octanol–water partition coefficient (Wildman–Crippen LogP) is 1.86. The fraction of sp³-hybridized carbons (Fsp3) is 0.300. The third kappa shape index (κ3) is 3.74. The maximum atomic E-state index is 4.27. The maximum Gasteiger partial charge on any atom is 0.123 e. The first kappa shape index (κ1) is 13.1. The fourth-order valence-electron chi connectivity index (χ4n) is 0.988. The van der Waals surface area contributed by atoms with Crippen LogP contribution in [0.2, 0.25) is 0 Å². The summed E-state index contributed by atoms with van der Waals surface area (Å²) in [5.41, 5.74) is 1.17. The second-order valence-corrected chi connectivity index (χ2v) is 2.68. The van der Waals surface area contributed by atoms with Gasteiger partial charge in [-0.05, 0) is 18.6 Å². The Balaban J connectivity index is 0.00000144. The number of aromatic nitrogens is 1. The van der Waals surface area contributed by atoms with Gasteiger partial charge in [-0.1, -0.05) is 6.07 Å². The van der Waals surface area contributed by atoms with Gasteiger partial charge in [-0.25, -0.2) is 4.98 Å². The fourth-order valence-corrected chi connectivity index (χ4v) is 0.988. The molecule has 0 aliphatic heterocycles. The SMILES string of the molecule is [CH2-]CN(C[CH2-])c1ccc(C)cn1.[Y]. The molecule has 1 heterocycles.